The minimum Gasteiger partial charge on any atom is -0.497 e. The Hall–Kier alpha value is -3.70. The number of amides is 1. The van der Waals surface area contributed by atoms with E-state index >= 15 is 0 Å². The lowest BCUT2D eigenvalue weighted by Gasteiger charge is -2.34. The number of nitrogens with zero attached hydrogens (tertiary/aromatic N) is 5. The molecule has 0 aliphatic carbocycles. The molecule has 38 heavy (non-hydrogen) atoms. The van der Waals surface area contributed by atoms with Crippen molar-refractivity contribution in [2.24, 2.45) is 0 Å². The molecule has 0 N–H and O–H groups in total. The van der Waals surface area contributed by atoms with Crippen molar-refractivity contribution < 1.29 is 27.1 Å². The van der Waals surface area contributed by atoms with Crippen LogP contribution in [-0.4, -0.2) is 63.6 Å². The number of aromatic nitrogens is 3. The number of rotatable bonds is 5. The summed E-state index contributed by atoms with van der Waals surface area (Å²) < 4.78 is 61.8. The molecule has 5 rings (SSSR count). The van der Waals surface area contributed by atoms with E-state index < -0.39 is 17.8 Å². The van der Waals surface area contributed by atoms with E-state index in [0.717, 1.165) is 6.07 Å². The number of carbonyl (C=O) groups excluding carboxylic acids is 1. The van der Waals surface area contributed by atoms with E-state index in [1.54, 1.807) is 42.5 Å². The Kier molecular flexibility index (Phi) is 6.97. The van der Waals surface area contributed by atoms with Crippen LogP contribution < -0.4 is 4.74 Å². The molecule has 1 amide bonds. The molecule has 1 aliphatic rings. The van der Waals surface area contributed by atoms with Crippen LogP contribution in [0.2, 0.25) is 5.02 Å². The van der Waals surface area contributed by atoms with E-state index in [4.69, 9.17) is 16.3 Å². The molecule has 198 valence electrons. The maximum absolute atomic E-state index is 14.0. The normalized spacial score (nSPS) is 14.7. The summed E-state index contributed by atoms with van der Waals surface area (Å²) in [6, 6.07) is 13.8. The van der Waals surface area contributed by atoms with Crippen LogP contribution in [0.3, 0.4) is 0 Å². The van der Waals surface area contributed by atoms with Gasteiger partial charge in [0, 0.05) is 43.9 Å². The summed E-state index contributed by atoms with van der Waals surface area (Å²) in [5, 5.41) is 3.68. The Morgan fingerprint density at radius 3 is 2.47 bits per heavy atom. The van der Waals surface area contributed by atoms with Crippen LogP contribution in [0.1, 0.15) is 21.7 Å². The van der Waals surface area contributed by atoms with Crippen LogP contribution in [0, 0.1) is 5.82 Å². The first-order chi connectivity index (χ1) is 18.2. The maximum Gasteiger partial charge on any atom is 0.433 e. The van der Waals surface area contributed by atoms with Gasteiger partial charge in [0.25, 0.3) is 5.91 Å². The van der Waals surface area contributed by atoms with Gasteiger partial charge in [-0.05, 0) is 24.3 Å². The van der Waals surface area contributed by atoms with Gasteiger partial charge < -0.3 is 9.64 Å². The van der Waals surface area contributed by atoms with Crippen molar-refractivity contribution in [1.82, 2.24) is 24.4 Å². The topological polar surface area (TPSA) is 63.0 Å². The first-order valence-electron chi connectivity index (χ1n) is 11.7. The van der Waals surface area contributed by atoms with Crippen molar-refractivity contribution in [2.75, 3.05) is 33.3 Å². The average Bonchev–Trinajstić information content (AvgIpc) is 3.25. The summed E-state index contributed by atoms with van der Waals surface area (Å²) in [7, 11) is 1.45. The van der Waals surface area contributed by atoms with Crippen LogP contribution in [0.15, 0.2) is 54.6 Å². The van der Waals surface area contributed by atoms with Crippen molar-refractivity contribution >= 4 is 23.2 Å². The molecule has 1 aliphatic heterocycles. The largest absolute Gasteiger partial charge is 0.497 e. The second kappa shape index (κ2) is 10.2. The monoisotopic (exact) mass is 547 g/mol. The lowest BCUT2D eigenvalue weighted by molar-refractivity contribution is -0.142. The number of methoxy groups -OCH3 is 1. The molecule has 12 heteroatoms. The Bertz CT molecular complexity index is 1500. The van der Waals surface area contributed by atoms with E-state index in [1.165, 1.54) is 18.1 Å². The SMILES string of the molecule is COc1cccc(-c2cc(C(F)(F)F)n3nc(C(=O)N4CCN(Cc5ccccc5F)CC4)c(Cl)c3n2)c1. The Morgan fingerprint density at radius 1 is 1.05 bits per heavy atom. The number of carbonyl (C=O) groups is 1. The van der Waals surface area contributed by atoms with Gasteiger partial charge >= 0.3 is 6.18 Å². The van der Waals surface area contributed by atoms with E-state index in [0.29, 0.717) is 41.0 Å². The number of halogens is 5. The Labute approximate surface area is 220 Å². The van der Waals surface area contributed by atoms with Crippen LogP contribution in [0.4, 0.5) is 17.6 Å². The molecule has 1 fully saturated rings. The van der Waals surface area contributed by atoms with Gasteiger partial charge in [-0.2, -0.15) is 18.3 Å². The molecule has 0 spiro atoms. The molecule has 0 radical (unpaired) electrons. The van der Waals surface area contributed by atoms with Gasteiger partial charge in [0.1, 0.15) is 16.6 Å². The summed E-state index contributed by atoms with van der Waals surface area (Å²) >= 11 is 6.43. The number of hydrogen-bond acceptors (Lipinski definition) is 5. The third kappa shape index (κ3) is 5.03. The number of alkyl halides is 3. The standard InChI is InChI=1S/C26H22ClF4N5O2/c1-38-18-7-4-6-16(13-18)20-14-21(26(29,30)31)36-24(32-20)22(27)23(33-36)25(37)35-11-9-34(10-12-35)15-17-5-2-3-8-19(17)28/h2-8,13-14H,9-12,15H2,1H3. The average molecular weight is 548 g/mol. The molecular weight excluding hydrogens is 526 g/mol. The highest BCUT2D eigenvalue weighted by Crippen LogP contribution is 2.35. The molecule has 2 aromatic carbocycles. The minimum atomic E-state index is -4.79. The van der Waals surface area contributed by atoms with Crippen LogP contribution >= 0.6 is 11.6 Å². The fraction of sp³-hybridized carbons (Fsp3) is 0.269. The summed E-state index contributed by atoms with van der Waals surface area (Å²) in [6.07, 6.45) is -4.79. The Balaban J connectivity index is 1.43. The summed E-state index contributed by atoms with van der Waals surface area (Å²) in [4.78, 5) is 21.0. The molecule has 4 aromatic rings. The van der Waals surface area contributed by atoms with Gasteiger partial charge in [-0.1, -0.05) is 41.9 Å². The number of benzene rings is 2. The molecule has 2 aromatic heterocycles. The van der Waals surface area contributed by atoms with Gasteiger partial charge in [0.05, 0.1) is 12.8 Å². The van der Waals surface area contributed by atoms with Crippen molar-refractivity contribution in [2.45, 2.75) is 12.7 Å². The zero-order valence-corrected chi connectivity index (χ0v) is 20.9. The lowest BCUT2D eigenvalue weighted by Crippen LogP contribution is -2.48. The highest BCUT2D eigenvalue weighted by molar-refractivity contribution is 6.36. The highest BCUT2D eigenvalue weighted by atomic mass is 35.5. The van der Waals surface area contributed by atoms with Gasteiger partial charge in [0.15, 0.2) is 17.0 Å². The molecular formula is C26H22ClF4N5O2. The first kappa shape index (κ1) is 25.9. The fourth-order valence-electron chi connectivity index (χ4n) is 4.39. The van der Waals surface area contributed by atoms with E-state index in [9.17, 15) is 22.4 Å². The van der Waals surface area contributed by atoms with Gasteiger partial charge in [-0.15, -0.1) is 0 Å². The number of ether oxygens (including phenoxy) is 1. The van der Waals surface area contributed by atoms with Crippen molar-refractivity contribution in [3.05, 3.63) is 82.4 Å². The summed E-state index contributed by atoms with van der Waals surface area (Å²) in [5.74, 6) is -0.451. The van der Waals surface area contributed by atoms with Crippen molar-refractivity contribution in [3.8, 4) is 17.0 Å². The second-order valence-corrected chi connectivity index (χ2v) is 9.19. The third-order valence-electron chi connectivity index (χ3n) is 6.40. The molecule has 0 saturated carbocycles. The molecule has 3 heterocycles. The molecule has 0 unspecified atom stereocenters. The zero-order valence-electron chi connectivity index (χ0n) is 20.2. The predicted octanol–water partition coefficient (Wildman–Crippen LogP) is 5.17. The smallest absolute Gasteiger partial charge is 0.433 e. The molecule has 1 saturated heterocycles. The van der Waals surface area contributed by atoms with Crippen molar-refractivity contribution in [3.63, 3.8) is 0 Å². The second-order valence-electron chi connectivity index (χ2n) is 8.81. The van der Waals surface area contributed by atoms with Crippen molar-refractivity contribution in [1.29, 1.82) is 0 Å². The number of fused-ring (bicyclic) bond motifs is 1. The van der Waals surface area contributed by atoms with Crippen LogP contribution in [0.5, 0.6) is 5.75 Å². The van der Waals surface area contributed by atoms with Gasteiger partial charge in [-0.3, -0.25) is 9.69 Å². The predicted molar refractivity (Wildman–Crippen MR) is 133 cm³/mol. The maximum atomic E-state index is 14.0. The number of hydrogen-bond donors (Lipinski definition) is 0. The van der Waals surface area contributed by atoms with Gasteiger partial charge in [0.2, 0.25) is 0 Å². The quantitative estimate of drug-likeness (QED) is 0.322. The fourth-order valence-corrected chi connectivity index (χ4v) is 4.63. The molecule has 7 nitrogen and oxygen atoms in total. The summed E-state index contributed by atoms with van der Waals surface area (Å²) in [5.41, 5.74) is -0.764. The lowest BCUT2D eigenvalue weighted by atomic mass is 10.1. The van der Waals surface area contributed by atoms with Crippen LogP contribution in [-0.2, 0) is 12.7 Å². The van der Waals surface area contributed by atoms with E-state index in [2.05, 4.69) is 10.1 Å². The van der Waals surface area contributed by atoms with E-state index in [-0.39, 0.29) is 41.0 Å². The zero-order chi connectivity index (χ0) is 27.0. The van der Waals surface area contributed by atoms with E-state index in [1.807, 2.05) is 4.90 Å². The molecule has 0 atom stereocenters. The number of piperazine rings is 1. The Morgan fingerprint density at radius 2 is 1.79 bits per heavy atom. The van der Waals surface area contributed by atoms with Gasteiger partial charge in [-0.25, -0.2) is 13.9 Å². The molecule has 0 bridgehead atoms. The minimum absolute atomic E-state index is 0.00582. The third-order valence-corrected chi connectivity index (χ3v) is 6.75. The summed E-state index contributed by atoms with van der Waals surface area (Å²) in [6.45, 7) is 1.86. The van der Waals surface area contributed by atoms with Crippen LogP contribution in [0.25, 0.3) is 16.9 Å². The first-order valence-corrected chi connectivity index (χ1v) is 12.1. The highest BCUT2D eigenvalue weighted by Gasteiger charge is 2.37.